The van der Waals surface area contributed by atoms with Crippen molar-refractivity contribution in [1.82, 2.24) is 0 Å². The first kappa shape index (κ1) is 13.2. The summed E-state index contributed by atoms with van der Waals surface area (Å²) in [7, 11) is 0. The minimum atomic E-state index is -0.943. The maximum absolute atomic E-state index is 11.0. The smallest absolute Gasteiger partial charge is 0.336 e. The lowest BCUT2D eigenvalue weighted by molar-refractivity contribution is 0.0696. The Morgan fingerprint density at radius 2 is 2.00 bits per heavy atom. The molecular weight excluding hydrogens is 246 g/mol. The summed E-state index contributed by atoms with van der Waals surface area (Å²) in [6.45, 7) is 2.06. The highest BCUT2D eigenvalue weighted by Crippen LogP contribution is 2.20. The van der Waals surface area contributed by atoms with Crippen LogP contribution in [0.5, 0.6) is 0 Å². The molecule has 5 nitrogen and oxygen atoms in total. The van der Waals surface area contributed by atoms with Crippen LogP contribution in [0.4, 0.5) is 5.69 Å². The van der Waals surface area contributed by atoms with Crippen molar-refractivity contribution in [3.8, 4) is 0 Å². The Hall–Kier alpha value is -2.27. The van der Waals surface area contributed by atoms with Gasteiger partial charge in [0.25, 0.3) is 0 Å². The molecule has 0 aliphatic carbocycles. The van der Waals surface area contributed by atoms with Crippen LogP contribution in [-0.2, 0) is 13.2 Å². The first-order chi connectivity index (χ1) is 9.11. The highest BCUT2D eigenvalue weighted by atomic mass is 16.4. The lowest BCUT2D eigenvalue weighted by Crippen LogP contribution is -2.05. The minimum Gasteiger partial charge on any atom is -0.478 e. The van der Waals surface area contributed by atoms with Gasteiger partial charge in [-0.15, -0.1) is 0 Å². The van der Waals surface area contributed by atoms with E-state index in [4.69, 9.17) is 14.6 Å². The van der Waals surface area contributed by atoms with E-state index in [1.807, 2.05) is 6.07 Å². The van der Waals surface area contributed by atoms with E-state index >= 15 is 0 Å². The van der Waals surface area contributed by atoms with Crippen LogP contribution >= 0.6 is 0 Å². The molecule has 0 saturated carbocycles. The van der Waals surface area contributed by atoms with Crippen molar-refractivity contribution in [2.75, 3.05) is 5.32 Å². The topological polar surface area (TPSA) is 82.7 Å². The summed E-state index contributed by atoms with van der Waals surface area (Å²) in [6.07, 6.45) is 0. The molecule has 0 atom stereocenters. The Balaban J connectivity index is 2.11. The third-order valence-electron chi connectivity index (χ3n) is 2.89. The molecule has 0 amide bonds. The normalized spacial score (nSPS) is 10.4. The highest BCUT2D eigenvalue weighted by Gasteiger charge is 2.10. The second-order valence-electron chi connectivity index (χ2n) is 4.16. The minimum absolute atomic E-state index is 0.131. The Kier molecular flexibility index (Phi) is 3.87. The fourth-order valence-corrected chi connectivity index (χ4v) is 1.84. The van der Waals surface area contributed by atoms with Gasteiger partial charge in [0.1, 0.15) is 18.1 Å². The summed E-state index contributed by atoms with van der Waals surface area (Å²) in [4.78, 5) is 11.0. The molecule has 0 unspecified atom stereocenters. The zero-order chi connectivity index (χ0) is 13.8. The van der Waals surface area contributed by atoms with Crippen LogP contribution in [0.25, 0.3) is 0 Å². The number of nitrogens with one attached hydrogen (secondary N) is 1. The molecule has 0 aliphatic rings. The predicted octanol–water partition coefficient (Wildman–Crippen LogP) is 2.39. The third-order valence-corrected chi connectivity index (χ3v) is 2.89. The van der Waals surface area contributed by atoms with Gasteiger partial charge in [-0.05, 0) is 36.8 Å². The molecule has 0 bridgehead atoms. The summed E-state index contributed by atoms with van der Waals surface area (Å²) < 4.78 is 5.34. The number of furan rings is 1. The van der Waals surface area contributed by atoms with Crippen molar-refractivity contribution in [2.24, 2.45) is 0 Å². The molecule has 100 valence electrons. The second kappa shape index (κ2) is 5.58. The van der Waals surface area contributed by atoms with E-state index in [9.17, 15) is 4.79 Å². The molecule has 0 saturated heterocycles. The molecule has 3 N–H and O–H groups in total. The van der Waals surface area contributed by atoms with E-state index in [0.717, 1.165) is 5.69 Å². The zero-order valence-electron chi connectivity index (χ0n) is 10.5. The number of benzene rings is 1. The summed E-state index contributed by atoms with van der Waals surface area (Å²) in [5.41, 5.74) is 1.71. The van der Waals surface area contributed by atoms with Gasteiger partial charge in [0, 0.05) is 5.69 Å². The number of hydrogen-bond acceptors (Lipinski definition) is 4. The van der Waals surface area contributed by atoms with Gasteiger partial charge in [0.05, 0.1) is 12.1 Å². The van der Waals surface area contributed by atoms with Crippen LogP contribution in [0.2, 0.25) is 0 Å². The van der Waals surface area contributed by atoms with Gasteiger partial charge in [-0.1, -0.05) is 6.07 Å². The van der Waals surface area contributed by atoms with E-state index in [1.165, 1.54) is 0 Å². The van der Waals surface area contributed by atoms with Crippen LogP contribution in [0.3, 0.4) is 0 Å². The maximum Gasteiger partial charge on any atom is 0.336 e. The number of carboxylic acids is 1. The first-order valence-electron chi connectivity index (χ1n) is 5.87. The fourth-order valence-electron chi connectivity index (χ4n) is 1.84. The van der Waals surface area contributed by atoms with Crippen LogP contribution < -0.4 is 5.32 Å². The largest absolute Gasteiger partial charge is 0.478 e. The predicted molar refractivity (Wildman–Crippen MR) is 70.1 cm³/mol. The Labute approximate surface area is 110 Å². The van der Waals surface area contributed by atoms with E-state index in [2.05, 4.69) is 5.32 Å². The van der Waals surface area contributed by atoms with E-state index < -0.39 is 5.97 Å². The molecule has 0 aliphatic heterocycles. The van der Waals surface area contributed by atoms with Crippen molar-refractivity contribution >= 4 is 11.7 Å². The number of aliphatic hydroxyl groups is 1. The standard InChI is InChI=1S/C14H15NO4/c1-9-12(14(17)18)3-2-4-13(9)15-7-10-5-6-11(8-16)19-10/h2-6,15-16H,7-8H2,1H3,(H,17,18). The van der Waals surface area contributed by atoms with Crippen molar-refractivity contribution < 1.29 is 19.4 Å². The molecule has 0 spiro atoms. The van der Waals surface area contributed by atoms with Crippen LogP contribution in [-0.4, -0.2) is 16.2 Å². The molecule has 5 heteroatoms. The number of anilines is 1. The highest BCUT2D eigenvalue weighted by molar-refractivity contribution is 5.91. The van der Waals surface area contributed by atoms with Crippen LogP contribution in [0.15, 0.2) is 34.7 Å². The Morgan fingerprint density at radius 3 is 2.63 bits per heavy atom. The number of aromatic carboxylic acids is 1. The average Bonchev–Trinajstić information content (AvgIpc) is 2.85. The molecule has 19 heavy (non-hydrogen) atoms. The summed E-state index contributed by atoms with van der Waals surface area (Å²) in [6, 6.07) is 8.56. The Bertz CT molecular complexity index is 589. The van der Waals surface area contributed by atoms with Crippen LogP contribution in [0, 0.1) is 6.92 Å². The average molecular weight is 261 g/mol. The quantitative estimate of drug-likeness (QED) is 0.769. The lowest BCUT2D eigenvalue weighted by Gasteiger charge is -2.10. The van der Waals surface area contributed by atoms with Crippen LogP contribution in [0.1, 0.15) is 27.4 Å². The van der Waals surface area contributed by atoms with Gasteiger partial charge in [-0.3, -0.25) is 0 Å². The van der Waals surface area contributed by atoms with Crippen molar-refractivity contribution in [3.63, 3.8) is 0 Å². The zero-order valence-corrected chi connectivity index (χ0v) is 10.5. The van der Waals surface area contributed by atoms with Crippen molar-refractivity contribution in [1.29, 1.82) is 0 Å². The monoisotopic (exact) mass is 261 g/mol. The van der Waals surface area contributed by atoms with Gasteiger partial charge in [-0.25, -0.2) is 4.79 Å². The van der Waals surface area contributed by atoms with Gasteiger partial charge in [-0.2, -0.15) is 0 Å². The molecule has 1 heterocycles. The van der Waals surface area contributed by atoms with Crippen molar-refractivity contribution in [3.05, 3.63) is 53.0 Å². The van der Waals surface area contributed by atoms with E-state index in [1.54, 1.807) is 31.2 Å². The Morgan fingerprint density at radius 1 is 1.26 bits per heavy atom. The molecule has 2 aromatic rings. The second-order valence-corrected chi connectivity index (χ2v) is 4.16. The number of hydrogen-bond donors (Lipinski definition) is 3. The molecule has 0 radical (unpaired) electrons. The number of carboxylic acid groups (broad SMARTS) is 1. The summed E-state index contributed by atoms with van der Waals surface area (Å²) in [5.74, 6) is 0.249. The molecular formula is C14H15NO4. The van der Waals surface area contributed by atoms with E-state index in [-0.39, 0.29) is 12.2 Å². The lowest BCUT2D eigenvalue weighted by atomic mass is 10.1. The number of aliphatic hydroxyl groups excluding tert-OH is 1. The molecule has 0 fully saturated rings. The molecule has 2 rings (SSSR count). The van der Waals surface area contributed by atoms with Gasteiger partial charge < -0.3 is 19.9 Å². The van der Waals surface area contributed by atoms with Crippen molar-refractivity contribution in [2.45, 2.75) is 20.1 Å². The maximum atomic E-state index is 11.0. The third kappa shape index (κ3) is 2.95. The van der Waals surface area contributed by atoms with Gasteiger partial charge >= 0.3 is 5.97 Å². The number of carbonyl (C=O) groups is 1. The van der Waals surface area contributed by atoms with Gasteiger partial charge in [0.2, 0.25) is 0 Å². The summed E-state index contributed by atoms with van der Waals surface area (Å²) in [5, 5.41) is 21.1. The molecule has 1 aromatic carbocycles. The summed E-state index contributed by atoms with van der Waals surface area (Å²) >= 11 is 0. The first-order valence-corrected chi connectivity index (χ1v) is 5.87. The molecule has 1 aromatic heterocycles. The number of rotatable bonds is 5. The van der Waals surface area contributed by atoms with E-state index in [0.29, 0.717) is 23.6 Å². The van der Waals surface area contributed by atoms with Gasteiger partial charge in [0.15, 0.2) is 0 Å². The fraction of sp³-hybridized carbons (Fsp3) is 0.214. The SMILES string of the molecule is Cc1c(NCc2ccc(CO)o2)cccc1C(=O)O.